The van der Waals surface area contributed by atoms with E-state index in [9.17, 15) is 0 Å². The van der Waals surface area contributed by atoms with Crippen molar-refractivity contribution in [1.29, 1.82) is 0 Å². The van der Waals surface area contributed by atoms with Crippen molar-refractivity contribution < 1.29 is 0 Å². The summed E-state index contributed by atoms with van der Waals surface area (Å²) in [6.45, 7) is 19.2. The number of aromatic nitrogens is 2. The van der Waals surface area contributed by atoms with Crippen molar-refractivity contribution in [2.45, 2.75) is 136 Å². The highest BCUT2D eigenvalue weighted by atomic mass is 15.1. The molecule has 5 heterocycles. The Balaban J connectivity index is 1.23. The highest BCUT2D eigenvalue weighted by molar-refractivity contribution is 7.00. The fourth-order valence-corrected chi connectivity index (χ4v) is 16.5. The molecule has 4 aliphatic rings. The second-order valence-corrected chi connectivity index (χ2v) is 23.4. The van der Waals surface area contributed by atoms with E-state index >= 15 is 0 Å². The van der Waals surface area contributed by atoms with Crippen LogP contribution in [0.25, 0.3) is 88.0 Å². The van der Waals surface area contributed by atoms with Crippen molar-refractivity contribution in [3.63, 3.8) is 0 Å². The number of nitrogens with zero attached hydrogens (tertiary/aromatic N) is 2. The molecule has 3 heteroatoms. The zero-order valence-electron chi connectivity index (χ0n) is 45.9. The topological polar surface area (TPSA) is 9.86 Å². The molecule has 15 rings (SSSR count). The van der Waals surface area contributed by atoms with Crippen molar-refractivity contribution in [3.05, 3.63) is 196 Å². The predicted octanol–water partition coefficient (Wildman–Crippen LogP) is 18.1. The molecule has 0 unspecified atom stereocenters. The molecule has 0 radical (unpaired) electrons. The van der Waals surface area contributed by atoms with E-state index in [-0.39, 0.29) is 6.71 Å². The summed E-state index contributed by atoms with van der Waals surface area (Å²) in [5, 5.41) is 8.23. The Morgan fingerprint density at radius 1 is 0.368 bits per heavy atom. The van der Waals surface area contributed by atoms with Crippen LogP contribution >= 0.6 is 0 Å². The lowest BCUT2D eigenvalue weighted by molar-refractivity contribution is 0.639. The predicted molar refractivity (Wildman–Crippen MR) is 327 cm³/mol. The molecule has 0 N–H and O–H groups in total. The molecule has 374 valence electrons. The maximum atomic E-state index is 2.86. The highest BCUT2D eigenvalue weighted by Crippen LogP contribution is 2.63. The van der Waals surface area contributed by atoms with Crippen LogP contribution in [0.3, 0.4) is 0 Å². The van der Waals surface area contributed by atoms with Crippen molar-refractivity contribution >= 4 is 77.5 Å². The van der Waals surface area contributed by atoms with Crippen molar-refractivity contribution in [1.82, 2.24) is 9.13 Å². The molecule has 0 fully saturated rings. The van der Waals surface area contributed by atoms with Crippen LogP contribution in [-0.2, 0) is 5.41 Å². The molecule has 76 heavy (non-hydrogen) atoms. The first-order valence-corrected chi connectivity index (χ1v) is 29.5. The smallest absolute Gasteiger partial charge is 0.252 e. The second-order valence-electron chi connectivity index (χ2n) is 23.4. The molecule has 2 nitrogen and oxygen atoms in total. The minimum Gasteiger partial charge on any atom is -0.310 e. The third-order valence-corrected chi connectivity index (χ3v) is 20.3. The molecule has 3 aliphatic heterocycles. The summed E-state index contributed by atoms with van der Waals surface area (Å²) < 4.78 is 5.66. The second kappa shape index (κ2) is 17.0. The molecule has 0 saturated heterocycles. The SMILES string of the molecule is CCC(CC)c1ccc2c(c1)c1cc(C(CC)CC)cc3c1n2-c1c(-c2ccc4ccccc4c2)cc2c4c1B3c1cc(C(CC)CC)cc3c5cc(C(CC)CC)cc(c5n-4c13)C21c2ccccc2-c2ccccc21. The maximum Gasteiger partial charge on any atom is 0.252 e. The van der Waals surface area contributed by atoms with Crippen LogP contribution in [0, 0.1) is 0 Å². The van der Waals surface area contributed by atoms with Crippen LogP contribution < -0.4 is 16.4 Å². The first kappa shape index (κ1) is 46.2. The largest absolute Gasteiger partial charge is 0.310 e. The van der Waals surface area contributed by atoms with Crippen LogP contribution in [0.5, 0.6) is 0 Å². The maximum absolute atomic E-state index is 2.86. The molecular formula is C73H69BN2. The Bertz CT molecular complexity index is 4210. The summed E-state index contributed by atoms with van der Waals surface area (Å²) in [5.41, 5.74) is 29.1. The van der Waals surface area contributed by atoms with Crippen molar-refractivity contribution in [2.75, 3.05) is 0 Å². The van der Waals surface area contributed by atoms with Gasteiger partial charge in [0.25, 0.3) is 6.71 Å². The minimum absolute atomic E-state index is 0.00824. The standard InChI is InChI=1S/C73H69BN2/c1-9-42(10-2)48-31-32-66-56(34-48)57-36-51(44(13-5)14-6)39-64-69(57)75(66)71-55(49-30-29-46-23-17-18-24-47(46)33-49)41-63-72-67(71)74(64)65-40-52(45(15-7)16-8)37-59-58-35-50(43(11-3)12-4)38-62(68(58)76(72)70(59)65)73(63)60-27-21-19-25-53(60)54-26-20-22-28-61(54)73/h17-45H,9-16H2,1-8H3. The van der Waals surface area contributed by atoms with E-state index in [1.54, 1.807) is 0 Å². The lowest BCUT2D eigenvalue weighted by Crippen LogP contribution is -2.61. The van der Waals surface area contributed by atoms with Crippen LogP contribution in [-0.4, -0.2) is 15.8 Å². The van der Waals surface area contributed by atoms with Gasteiger partial charge in [-0.25, -0.2) is 0 Å². The zero-order chi connectivity index (χ0) is 51.5. The number of hydrogen-bond donors (Lipinski definition) is 0. The first-order valence-electron chi connectivity index (χ1n) is 29.5. The fraction of sp³-hybridized carbons (Fsp3) is 0.288. The van der Waals surface area contributed by atoms with E-state index in [0.29, 0.717) is 23.7 Å². The van der Waals surface area contributed by atoms with Gasteiger partial charge in [0, 0.05) is 43.8 Å². The van der Waals surface area contributed by atoms with E-state index in [0.717, 1.165) is 51.4 Å². The first-order chi connectivity index (χ1) is 37.3. The van der Waals surface area contributed by atoms with Gasteiger partial charge in [-0.3, -0.25) is 0 Å². The van der Waals surface area contributed by atoms with Crippen molar-refractivity contribution in [2.24, 2.45) is 0 Å². The Morgan fingerprint density at radius 2 is 0.868 bits per heavy atom. The number of benzene rings is 9. The Hall–Kier alpha value is -7.10. The molecule has 9 aromatic carbocycles. The van der Waals surface area contributed by atoms with Crippen LogP contribution in [0.1, 0.15) is 175 Å². The molecule has 0 atom stereocenters. The normalized spacial score (nSPS) is 14.2. The molecule has 0 saturated carbocycles. The fourth-order valence-electron chi connectivity index (χ4n) is 16.5. The Labute approximate surface area is 449 Å². The van der Waals surface area contributed by atoms with Gasteiger partial charge in [-0.15, -0.1) is 0 Å². The van der Waals surface area contributed by atoms with E-state index in [1.165, 1.54) is 149 Å². The minimum atomic E-state index is -0.579. The molecule has 0 bridgehead atoms. The number of hydrogen-bond acceptors (Lipinski definition) is 0. The monoisotopic (exact) mass is 985 g/mol. The average molecular weight is 985 g/mol. The van der Waals surface area contributed by atoms with Gasteiger partial charge in [0.2, 0.25) is 0 Å². The van der Waals surface area contributed by atoms with Gasteiger partial charge < -0.3 is 9.13 Å². The Morgan fingerprint density at radius 3 is 1.47 bits per heavy atom. The lowest BCUT2D eigenvalue weighted by atomic mass is 9.33. The molecule has 2 aromatic heterocycles. The number of fused-ring (bicyclic) bond motifs is 15. The van der Waals surface area contributed by atoms with Gasteiger partial charge in [-0.05, 0) is 206 Å². The summed E-state index contributed by atoms with van der Waals surface area (Å²) >= 11 is 0. The Kier molecular flexibility index (Phi) is 10.3. The molecule has 1 aliphatic carbocycles. The van der Waals surface area contributed by atoms with Crippen molar-refractivity contribution in [3.8, 4) is 33.6 Å². The number of rotatable bonds is 13. The van der Waals surface area contributed by atoms with E-state index < -0.39 is 5.41 Å². The summed E-state index contributed by atoms with van der Waals surface area (Å²) in [6, 6.07) is 61.9. The van der Waals surface area contributed by atoms with Crippen LogP contribution in [0.4, 0.5) is 0 Å². The van der Waals surface area contributed by atoms with E-state index in [2.05, 4.69) is 216 Å². The molecule has 11 aromatic rings. The van der Waals surface area contributed by atoms with Gasteiger partial charge in [0.15, 0.2) is 0 Å². The summed E-state index contributed by atoms with van der Waals surface area (Å²) in [4.78, 5) is 0. The third-order valence-electron chi connectivity index (χ3n) is 20.3. The summed E-state index contributed by atoms with van der Waals surface area (Å²) in [6.07, 6.45) is 8.96. The van der Waals surface area contributed by atoms with Gasteiger partial charge in [-0.1, -0.05) is 165 Å². The van der Waals surface area contributed by atoms with Crippen LogP contribution in [0.2, 0.25) is 0 Å². The van der Waals surface area contributed by atoms with Gasteiger partial charge in [-0.2, -0.15) is 0 Å². The third kappa shape index (κ3) is 5.80. The average Bonchev–Trinajstić information content (AvgIpc) is 3.46. The quantitative estimate of drug-likeness (QED) is 0.102. The van der Waals surface area contributed by atoms with Crippen LogP contribution in [0.15, 0.2) is 152 Å². The summed E-state index contributed by atoms with van der Waals surface area (Å²) in [7, 11) is 0. The van der Waals surface area contributed by atoms with Gasteiger partial charge in [0.1, 0.15) is 0 Å². The van der Waals surface area contributed by atoms with E-state index in [1.807, 2.05) is 0 Å². The molecule has 1 spiro atoms. The van der Waals surface area contributed by atoms with Gasteiger partial charge >= 0.3 is 0 Å². The summed E-state index contributed by atoms with van der Waals surface area (Å²) in [5.74, 6) is 1.89. The molecular weight excluding hydrogens is 916 g/mol. The molecule has 0 amide bonds. The zero-order valence-corrected chi connectivity index (χ0v) is 45.9. The highest BCUT2D eigenvalue weighted by Gasteiger charge is 2.55. The van der Waals surface area contributed by atoms with Gasteiger partial charge in [0.05, 0.1) is 22.1 Å². The van der Waals surface area contributed by atoms with E-state index in [4.69, 9.17) is 0 Å². The lowest BCUT2D eigenvalue weighted by Gasteiger charge is -2.45.